The Bertz CT molecular complexity index is 1170. The van der Waals surface area contributed by atoms with Gasteiger partial charge in [-0.05, 0) is 51.7 Å². The molecule has 5 rings (SSSR count). The molecule has 3 fully saturated rings. The van der Waals surface area contributed by atoms with Gasteiger partial charge in [-0.2, -0.15) is 0 Å². The van der Waals surface area contributed by atoms with Crippen LogP contribution < -0.4 is 10.1 Å². The van der Waals surface area contributed by atoms with Crippen LogP contribution >= 0.6 is 11.6 Å². The summed E-state index contributed by atoms with van der Waals surface area (Å²) in [7, 11) is 0. The van der Waals surface area contributed by atoms with E-state index in [1.807, 2.05) is 0 Å². The molecule has 3 saturated heterocycles. The minimum atomic E-state index is -0.465. The molecule has 0 aromatic heterocycles. The summed E-state index contributed by atoms with van der Waals surface area (Å²) >= 11 is 6.07. The van der Waals surface area contributed by atoms with Crippen LogP contribution in [0.1, 0.15) is 49.9 Å². The number of nitrogens with zero attached hydrogens (tertiary/aromatic N) is 3. The van der Waals surface area contributed by atoms with Crippen LogP contribution in [0.5, 0.6) is 5.75 Å². The number of carbonyl (C=O) groups is 1. The number of piperidine rings is 1. The predicted octanol–water partition coefficient (Wildman–Crippen LogP) is 3.41. The van der Waals surface area contributed by atoms with Crippen molar-refractivity contribution in [2.45, 2.75) is 63.8 Å². The fourth-order valence-corrected chi connectivity index (χ4v) is 5.77. The van der Waals surface area contributed by atoms with Gasteiger partial charge in [0, 0.05) is 36.5 Å². The summed E-state index contributed by atoms with van der Waals surface area (Å²) in [5, 5.41) is 21.8. The van der Waals surface area contributed by atoms with Gasteiger partial charge in [-0.25, -0.2) is 9.38 Å². The molecule has 1 unspecified atom stereocenters. The van der Waals surface area contributed by atoms with Gasteiger partial charge in [0.1, 0.15) is 23.5 Å². The van der Waals surface area contributed by atoms with Crippen LogP contribution in [0.4, 0.5) is 4.39 Å². The zero-order valence-corrected chi connectivity index (χ0v) is 21.2. The Labute approximate surface area is 215 Å². The van der Waals surface area contributed by atoms with E-state index in [4.69, 9.17) is 21.7 Å². The van der Waals surface area contributed by atoms with Crippen molar-refractivity contribution in [3.05, 3.63) is 52.2 Å². The van der Waals surface area contributed by atoms with Crippen LogP contribution in [0.15, 0.2) is 45.8 Å². The number of rotatable bonds is 5. The van der Waals surface area contributed by atoms with Crippen molar-refractivity contribution in [2.24, 2.45) is 4.99 Å². The second kappa shape index (κ2) is 9.95. The van der Waals surface area contributed by atoms with Gasteiger partial charge in [0.05, 0.1) is 41.2 Å². The Kier molecular flexibility index (Phi) is 6.89. The SMILES string of the molecule is CC1=N/C(=C2\CN(C(=O)c3ccc(F)cc3O[C@H]3C[C@H]4CC[C@@H](C3)N4CC(C)O)CC2=N)NC=C1Cl. The lowest BCUT2D eigenvalue weighted by Gasteiger charge is -2.39. The van der Waals surface area contributed by atoms with Crippen molar-refractivity contribution in [2.75, 3.05) is 19.6 Å². The number of allylic oxidation sites excluding steroid dienone is 1. The molecule has 4 heterocycles. The van der Waals surface area contributed by atoms with Crippen LogP contribution in [0.25, 0.3) is 0 Å². The van der Waals surface area contributed by atoms with Gasteiger partial charge in [-0.15, -0.1) is 0 Å². The first-order chi connectivity index (χ1) is 17.2. The number of nitrogens with one attached hydrogen (secondary N) is 2. The molecule has 10 heteroatoms. The topological polar surface area (TPSA) is 101 Å². The molecule has 0 radical (unpaired) electrons. The number of aliphatic hydroxyl groups is 1. The summed E-state index contributed by atoms with van der Waals surface area (Å²) in [6.07, 6.45) is 4.76. The van der Waals surface area contributed by atoms with Crippen molar-refractivity contribution in [3.63, 3.8) is 0 Å². The molecule has 8 nitrogen and oxygen atoms in total. The molecular formula is C26H31ClFN5O3. The number of hydrogen-bond donors (Lipinski definition) is 3. The van der Waals surface area contributed by atoms with E-state index in [-0.39, 0.29) is 42.5 Å². The van der Waals surface area contributed by atoms with Gasteiger partial charge in [-0.3, -0.25) is 9.69 Å². The average Bonchev–Trinajstić information content (AvgIpc) is 3.30. The number of amides is 1. The second-order valence-electron chi connectivity index (χ2n) is 10.1. The average molecular weight is 516 g/mol. The molecule has 1 aromatic rings. The van der Waals surface area contributed by atoms with Crippen LogP contribution in [-0.4, -0.2) is 76.2 Å². The zero-order valence-electron chi connectivity index (χ0n) is 20.4. The monoisotopic (exact) mass is 515 g/mol. The number of fused-ring (bicyclic) bond motifs is 2. The first-order valence-electron chi connectivity index (χ1n) is 12.4. The van der Waals surface area contributed by atoms with Gasteiger partial charge in [0.2, 0.25) is 0 Å². The van der Waals surface area contributed by atoms with Crippen LogP contribution in [-0.2, 0) is 0 Å². The third-order valence-electron chi connectivity index (χ3n) is 7.38. The van der Waals surface area contributed by atoms with E-state index in [0.717, 1.165) is 25.7 Å². The van der Waals surface area contributed by atoms with Gasteiger partial charge in [0.25, 0.3) is 5.91 Å². The molecule has 0 spiro atoms. The van der Waals surface area contributed by atoms with E-state index in [1.165, 1.54) is 18.2 Å². The lowest BCUT2D eigenvalue weighted by atomic mass is 9.99. The second-order valence-corrected chi connectivity index (χ2v) is 10.5. The van der Waals surface area contributed by atoms with Gasteiger partial charge in [0.15, 0.2) is 0 Å². The van der Waals surface area contributed by atoms with Gasteiger partial charge in [-0.1, -0.05) is 11.6 Å². The van der Waals surface area contributed by atoms with E-state index in [0.29, 0.717) is 46.5 Å². The van der Waals surface area contributed by atoms with Crippen molar-refractivity contribution in [1.29, 1.82) is 5.41 Å². The maximum absolute atomic E-state index is 14.2. The molecule has 4 atom stereocenters. The Morgan fingerprint density at radius 1 is 1.33 bits per heavy atom. The van der Waals surface area contributed by atoms with E-state index >= 15 is 0 Å². The summed E-state index contributed by atoms with van der Waals surface area (Å²) in [4.78, 5) is 21.8. The summed E-state index contributed by atoms with van der Waals surface area (Å²) < 4.78 is 20.5. The number of carbonyl (C=O) groups excluding carboxylic acids is 1. The lowest BCUT2D eigenvalue weighted by molar-refractivity contribution is 0.0215. The van der Waals surface area contributed by atoms with Crippen LogP contribution in [0.3, 0.4) is 0 Å². The van der Waals surface area contributed by atoms with Crippen molar-refractivity contribution < 1.29 is 19.0 Å². The third kappa shape index (κ3) is 4.92. The first kappa shape index (κ1) is 24.9. The molecule has 1 aromatic carbocycles. The number of benzene rings is 1. The third-order valence-corrected chi connectivity index (χ3v) is 7.76. The normalized spacial score (nSPS) is 29.1. The Morgan fingerprint density at radius 2 is 2.06 bits per heavy atom. The maximum Gasteiger partial charge on any atom is 0.258 e. The van der Waals surface area contributed by atoms with E-state index in [1.54, 1.807) is 24.9 Å². The van der Waals surface area contributed by atoms with Crippen molar-refractivity contribution in [3.8, 4) is 5.75 Å². The molecule has 3 N–H and O–H groups in total. The molecule has 0 aliphatic carbocycles. The van der Waals surface area contributed by atoms with E-state index in [2.05, 4.69) is 15.2 Å². The van der Waals surface area contributed by atoms with Crippen molar-refractivity contribution >= 4 is 28.9 Å². The van der Waals surface area contributed by atoms with Crippen LogP contribution in [0.2, 0.25) is 0 Å². The number of aliphatic hydroxyl groups excluding tert-OH is 1. The summed E-state index contributed by atoms with van der Waals surface area (Å²) in [6.45, 7) is 4.57. The highest BCUT2D eigenvalue weighted by molar-refractivity contribution is 6.43. The summed E-state index contributed by atoms with van der Waals surface area (Å²) in [5.41, 5.74) is 1.84. The summed E-state index contributed by atoms with van der Waals surface area (Å²) in [5.74, 6) is -0.0366. The minimum absolute atomic E-state index is 0.129. The standard InChI is InChI=1S/C26H31ClFN5O3/c1-14(34)11-33-17-4-5-18(33)9-19(8-17)36-24-7-16(28)3-6-20(24)26(35)32-12-21(23(29)13-32)25-30-10-22(27)15(2)31-25/h3,6-7,10,14,17-19,29-30,34H,4-5,8-9,11-13H2,1-2H3/b25-21+,29-23?/t14?,17-,18+,19+. The van der Waals surface area contributed by atoms with Gasteiger partial charge >= 0.3 is 0 Å². The summed E-state index contributed by atoms with van der Waals surface area (Å²) in [6, 6.07) is 4.64. The lowest BCUT2D eigenvalue weighted by Crippen LogP contribution is -2.48. The maximum atomic E-state index is 14.2. The quantitative estimate of drug-likeness (QED) is 0.558. The Balaban J connectivity index is 1.32. The highest BCUT2D eigenvalue weighted by atomic mass is 35.5. The Hall–Kier alpha value is -2.75. The predicted molar refractivity (Wildman–Crippen MR) is 136 cm³/mol. The van der Waals surface area contributed by atoms with E-state index in [9.17, 15) is 14.3 Å². The first-order valence-corrected chi connectivity index (χ1v) is 12.8. The minimum Gasteiger partial charge on any atom is -0.489 e. The smallest absolute Gasteiger partial charge is 0.258 e. The fraction of sp³-hybridized carbons (Fsp3) is 0.500. The van der Waals surface area contributed by atoms with Crippen LogP contribution in [0, 0.1) is 11.2 Å². The van der Waals surface area contributed by atoms with Gasteiger partial charge < -0.3 is 25.5 Å². The molecule has 4 aliphatic heterocycles. The molecule has 192 valence electrons. The number of ether oxygens (including phenoxy) is 1. The molecule has 4 aliphatic rings. The van der Waals surface area contributed by atoms with E-state index < -0.39 is 5.82 Å². The molecular weight excluding hydrogens is 485 g/mol. The number of hydrogen-bond acceptors (Lipinski definition) is 7. The number of halogens is 2. The van der Waals surface area contributed by atoms with Crippen molar-refractivity contribution in [1.82, 2.24) is 15.1 Å². The fourth-order valence-electron chi connectivity index (χ4n) is 5.68. The highest BCUT2D eigenvalue weighted by Crippen LogP contribution is 2.38. The molecule has 2 bridgehead atoms. The largest absolute Gasteiger partial charge is 0.489 e. The molecule has 36 heavy (non-hydrogen) atoms. The molecule has 1 amide bonds. The Morgan fingerprint density at radius 3 is 2.72 bits per heavy atom. The zero-order chi connectivity index (χ0) is 25.6. The number of likely N-dealkylation sites (tertiary alicyclic amines) is 1. The number of aliphatic imine (C=N–C) groups is 1. The highest BCUT2D eigenvalue weighted by Gasteiger charge is 2.42. The molecule has 0 saturated carbocycles.